The molecule has 3 nitrogen and oxygen atoms in total. The molecule has 104 valence electrons. The van der Waals surface area contributed by atoms with Gasteiger partial charge in [-0.25, -0.2) is 0 Å². The fourth-order valence-electron chi connectivity index (χ4n) is 2.71. The van der Waals surface area contributed by atoms with Gasteiger partial charge in [-0.3, -0.25) is 4.68 Å². The molecule has 0 aliphatic rings. The summed E-state index contributed by atoms with van der Waals surface area (Å²) < 4.78 is 1.94. The highest BCUT2D eigenvalue weighted by atomic mass is 32.1. The van der Waals surface area contributed by atoms with E-state index in [4.69, 9.17) is 5.73 Å². The topological polar surface area (TPSA) is 43.8 Å². The summed E-state index contributed by atoms with van der Waals surface area (Å²) in [7, 11) is 1.99. The van der Waals surface area contributed by atoms with Crippen molar-refractivity contribution in [3.05, 3.63) is 51.8 Å². The molecular weight excluding hydrogens is 266 g/mol. The largest absolute Gasteiger partial charge is 0.323 e. The van der Waals surface area contributed by atoms with Crippen molar-refractivity contribution < 1.29 is 0 Å². The molecule has 1 atom stereocenters. The molecule has 0 aliphatic heterocycles. The second-order valence-electron chi connectivity index (χ2n) is 5.06. The number of benzene rings is 1. The van der Waals surface area contributed by atoms with E-state index in [1.807, 2.05) is 17.8 Å². The van der Waals surface area contributed by atoms with Crippen LogP contribution in [0, 0.1) is 0 Å². The summed E-state index contributed by atoms with van der Waals surface area (Å²) >= 11 is 1.75. The summed E-state index contributed by atoms with van der Waals surface area (Å²) in [5, 5.41) is 7.97. The first kappa shape index (κ1) is 13.3. The molecule has 2 heterocycles. The lowest BCUT2D eigenvalue weighted by Crippen LogP contribution is -2.14. The van der Waals surface area contributed by atoms with Crippen molar-refractivity contribution >= 4 is 22.2 Å². The Balaban J connectivity index is 1.93. The van der Waals surface area contributed by atoms with E-state index in [1.54, 1.807) is 11.3 Å². The van der Waals surface area contributed by atoms with Crippen molar-refractivity contribution in [3.63, 3.8) is 0 Å². The van der Waals surface area contributed by atoms with Crippen molar-refractivity contribution in [2.75, 3.05) is 0 Å². The first-order valence-electron chi connectivity index (χ1n) is 6.93. The fraction of sp³-hybridized carbons (Fsp3) is 0.312. The number of thiophene rings is 1. The Morgan fingerprint density at radius 1 is 1.30 bits per heavy atom. The molecule has 3 aromatic rings. The van der Waals surface area contributed by atoms with Crippen LogP contribution >= 0.6 is 11.3 Å². The van der Waals surface area contributed by atoms with E-state index in [0.29, 0.717) is 0 Å². The highest BCUT2D eigenvalue weighted by molar-refractivity contribution is 7.10. The summed E-state index contributed by atoms with van der Waals surface area (Å²) in [4.78, 5) is 1.29. The van der Waals surface area contributed by atoms with Crippen LogP contribution in [0.3, 0.4) is 0 Å². The summed E-state index contributed by atoms with van der Waals surface area (Å²) in [6, 6.07) is 10.5. The maximum absolute atomic E-state index is 6.41. The first-order valence-corrected chi connectivity index (χ1v) is 7.81. The minimum Gasteiger partial charge on any atom is -0.323 e. The lowest BCUT2D eigenvalue weighted by atomic mass is 10.0. The van der Waals surface area contributed by atoms with E-state index in [0.717, 1.165) is 24.1 Å². The summed E-state index contributed by atoms with van der Waals surface area (Å²) in [5.74, 6) is 0. The third-order valence-corrected chi connectivity index (χ3v) is 4.84. The van der Waals surface area contributed by atoms with Gasteiger partial charge in [0.05, 0.1) is 11.2 Å². The van der Waals surface area contributed by atoms with Crippen LogP contribution < -0.4 is 5.73 Å². The van der Waals surface area contributed by atoms with E-state index in [-0.39, 0.29) is 6.04 Å². The van der Waals surface area contributed by atoms with Gasteiger partial charge in [-0.2, -0.15) is 5.10 Å². The molecule has 0 amide bonds. The number of aryl methyl sites for hydroxylation is 2. The third kappa shape index (κ3) is 2.25. The van der Waals surface area contributed by atoms with Crippen molar-refractivity contribution in [2.24, 2.45) is 12.8 Å². The molecular formula is C16H19N3S. The lowest BCUT2D eigenvalue weighted by Gasteiger charge is -2.10. The standard InChI is InChI=1S/C16H19N3S/c1-3-11-8-9-20-16(11)13(17)10-14-12-6-4-5-7-15(12)19(2)18-14/h4-9,13H,3,10,17H2,1-2H3. The number of nitrogens with zero attached hydrogens (tertiary/aromatic N) is 2. The summed E-state index contributed by atoms with van der Waals surface area (Å²) in [6.45, 7) is 2.18. The number of nitrogens with two attached hydrogens (primary N) is 1. The van der Waals surface area contributed by atoms with Crippen molar-refractivity contribution in [1.82, 2.24) is 9.78 Å². The van der Waals surface area contributed by atoms with Crippen LogP contribution in [0.2, 0.25) is 0 Å². The van der Waals surface area contributed by atoms with Crippen LogP contribution in [-0.4, -0.2) is 9.78 Å². The van der Waals surface area contributed by atoms with Gasteiger partial charge in [-0.05, 0) is 29.5 Å². The molecule has 2 aromatic heterocycles. The molecule has 1 unspecified atom stereocenters. The monoisotopic (exact) mass is 285 g/mol. The smallest absolute Gasteiger partial charge is 0.0722 e. The predicted octanol–water partition coefficient (Wildman–Crippen LogP) is 3.44. The van der Waals surface area contributed by atoms with E-state index in [1.165, 1.54) is 15.8 Å². The molecule has 0 saturated carbocycles. The minimum atomic E-state index is 0.0308. The van der Waals surface area contributed by atoms with E-state index < -0.39 is 0 Å². The highest BCUT2D eigenvalue weighted by Gasteiger charge is 2.16. The average Bonchev–Trinajstić information content (AvgIpc) is 3.05. The van der Waals surface area contributed by atoms with Gasteiger partial charge in [0, 0.05) is 29.8 Å². The normalized spacial score (nSPS) is 12.9. The molecule has 4 heteroatoms. The zero-order chi connectivity index (χ0) is 14.1. The van der Waals surface area contributed by atoms with Crippen molar-refractivity contribution in [1.29, 1.82) is 0 Å². The molecule has 0 aliphatic carbocycles. The highest BCUT2D eigenvalue weighted by Crippen LogP contribution is 2.28. The SMILES string of the molecule is CCc1ccsc1C(N)Cc1nn(C)c2ccccc12. The lowest BCUT2D eigenvalue weighted by molar-refractivity contribution is 0.686. The number of hydrogen-bond donors (Lipinski definition) is 1. The molecule has 0 bridgehead atoms. The Kier molecular flexibility index (Phi) is 3.59. The van der Waals surface area contributed by atoms with Crippen LogP contribution in [0.15, 0.2) is 35.7 Å². The quantitative estimate of drug-likeness (QED) is 0.798. The number of para-hydroxylation sites is 1. The van der Waals surface area contributed by atoms with Crippen LogP contribution in [0.25, 0.3) is 10.9 Å². The Morgan fingerprint density at radius 2 is 2.10 bits per heavy atom. The van der Waals surface area contributed by atoms with Gasteiger partial charge in [0.15, 0.2) is 0 Å². The van der Waals surface area contributed by atoms with Crippen LogP contribution in [-0.2, 0) is 19.9 Å². The first-order chi connectivity index (χ1) is 9.70. The van der Waals surface area contributed by atoms with Gasteiger partial charge in [-0.15, -0.1) is 11.3 Å². The fourth-order valence-corrected chi connectivity index (χ4v) is 3.71. The van der Waals surface area contributed by atoms with Gasteiger partial charge in [0.1, 0.15) is 0 Å². The Hall–Kier alpha value is -1.65. The molecule has 0 fully saturated rings. The molecule has 2 N–H and O–H groups in total. The Morgan fingerprint density at radius 3 is 2.90 bits per heavy atom. The van der Waals surface area contributed by atoms with Gasteiger partial charge in [-0.1, -0.05) is 25.1 Å². The van der Waals surface area contributed by atoms with E-state index in [9.17, 15) is 0 Å². The maximum Gasteiger partial charge on any atom is 0.0722 e. The van der Waals surface area contributed by atoms with Gasteiger partial charge in [0.2, 0.25) is 0 Å². The van der Waals surface area contributed by atoms with Gasteiger partial charge < -0.3 is 5.73 Å². The molecule has 0 spiro atoms. The predicted molar refractivity (Wildman–Crippen MR) is 85.0 cm³/mol. The molecule has 3 rings (SSSR count). The summed E-state index contributed by atoms with van der Waals surface area (Å²) in [5.41, 5.74) is 10.0. The third-order valence-electron chi connectivity index (χ3n) is 3.75. The van der Waals surface area contributed by atoms with Crippen LogP contribution in [0.5, 0.6) is 0 Å². The molecule has 0 saturated heterocycles. The van der Waals surface area contributed by atoms with E-state index >= 15 is 0 Å². The van der Waals surface area contributed by atoms with Crippen LogP contribution in [0.4, 0.5) is 0 Å². The zero-order valence-corrected chi connectivity index (χ0v) is 12.7. The Labute approximate surface area is 123 Å². The minimum absolute atomic E-state index is 0.0308. The summed E-state index contributed by atoms with van der Waals surface area (Å²) in [6.07, 6.45) is 1.82. The molecule has 20 heavy (non-hydrogen) atoms. The van der Waals surface area contributed by atoms with Crippen LogP contribution in [0.1, 0.15) is 29.1 Å². The van der Waals surface area contributed by atoms with Crippen molar-refractivity contribution in [3.8, 4) is 0 Å². The second-order valence-corrected chi connectivity index (χ2v) is 6.01. The maximum atomic E-state index is 6.41. The molecule has 0 radical (unpaired) electrons. The number of rotatable bonds is 4. The number of aromatic nitrogens is 2. The molecule has 1 aromatic carbocycles. The average molecular weight is 285 g/mol. The van der Waals surface area contributed by atoms with Crippen molar-refractivity contribution in [2.45, 2.75) is 25.8 Å². The zero-order valence-electron chi connectivity index (χ0n) is 11.8. The number of hydrogen-bond acceptors (Lipinski definition) is 3. The Bertz CT molecular complexity index is 726. The second kappa shape index (κ2) is 5.38. The van der Waals surface area contributed by atoms with Gasteiger partial charge >= 0.3 is 0 Å². The van der Waals surface area contributed by atoms with Gasteiger partial charge in [0.25, 0.3) is 0 Å². The van der Waals surface area contributed by atoms with E-state index in [2.05, 4.69) is 41.7 Å². The number of fused-ring (bicyclic) bond motifs is 1.